The van der Waals surface area contributed by atoms with Crippen LogP contribution in [0, 0.1) is 12.8 Å². The van der Waals surface area contributed by atoms with Crippen molar-refractivity contribution < 1.29 is 9.63 Å². The molecule has 0 bridgehead atoms. The van der Waals surface area contributed by atoms with Crippen LogP contribution in [-0.2, 0) is 31.3 Å². The molecule has 2 aromatic carbocycles. The number of carbonyl (C=O) groups excluding carboxylic acids is 1. The van der Waals surface area contributed by atoms with E-state index in [-0.39, 0.29) is 5.92 Å². The van der Waals surface area contributed by atoms with Crippen LogP contribution >= 0.6 is 0 Å². The summed E-state index contributed by atoms with van der Waals surface area (Å²) in [6, 6.07) is 15.9. The van der Waals surface area contributed by atoms with Gasteiger partial charge in [0.2, 0.25) is 0 Å². The largest absolute Gasteiger partial charge is 0.365 e. The van der Waals surface area contributed by atoms with Gasteiger partial charge in [-0.2, -0.15) is 0 Å². The van der Waals surface area contributed by atoms with Gasteiger partial charge in [-0.3, -0.25) is 0 Å². The lowest BCUT2D eigenvalue weighted by atomic mass is 9.84. The SMILES string of the molecule is CCc1ccc(C(=O)ON=C2c3c(n(C)c4ccccc34)CCC2Cn2ccnc2C)cc1. The van der Waals surface area contributed by atoms with Gasteiger partial charge in [-0.15, -0.1) is 0 Å². The molecule has 5 rings (SSSR count). The number of nitrogens with zero attached hydrogens (tertiary/aromatic N) is 4. The minimum Gasteiger partial charge on any atom is -0.347 e. The van der Waals surface area contributed by atoms with Crippen LogP contribution in [0.4, 0.5) is 0 Å². The second kappa shape index (κ2) is 8.70. The number of carbonyl (C=O) groups is 1. The Morgan fingerprint density at radius 1 is 1.18 bits per heavy atom. The third-order valence-electron chi connectivity index (χ3n) is 6.77. The maximum atomic E-state index is 12.8. The van der Waals surface area contributed by atoms with Gasteiger partial charge in [0.05, 0.1) is 11.3 Å². The summed E-state index contributed by atoms with van der Waals surface area (Å²) in [5, 5.41) is 5.66. The van der Waals surface area contributed by atoms with E-state index in [0.29, 0.717) is 5.56 Å². The first-order valence-corrected chi connectivity index (χ1v) is 11.5. The van der Waals surface area contributed by atoms with Crippen molar-refractivity contribution in [3.8, 4) is 0 Å². The molecule has 1 aliphatic rings. The number of para-hydroxylation sites is 1. The molecule has 1 atom stereocenters. The van der Waals surface area contributed by atoms with Crippen molar-refractivity contribution in [1.29, 1.82) is 0 Å². The van der Waals surface area contributed by atoms with E-state index in [9.17, 15) is 4.79 Å². The third kappa shape index (κ3) is 3.86. The van der Waals surface area contributed by atoms with Gasteiger partial charge in [0.15, 0.2) is 0 Å². The Morgan fingerprint density at radius 2 is 1.97 bits per heavy atom. The van der Waals surface area contributed by atoms with Gasteiger partial charge >= 0.3 is 5.97 Å². The van der Waals surface area contributed by atoms with Crippen molar-refractivity contribution >= 4 is 22.6 Å². The standard InChI is InChI=1S/C27H28N4O2/c1-4-19-9-11-20(12-10-19)27(32)33-29-26-21(17-31-16-15-28-18(31)2)13-14-24-25(26)22-7-5-6-8-23(22)30(24)3/h5-12,15-16,21H,4,13-14,17H2,1-3H3. The number of rotatable bonds is 5. The Balaban J connectivity index is 1.54. The Kier molecular flexibility index (Phi) is 5.58. The lowest BCUT2D eigenvalue weighted by molar-refractivity contribution is 0.0513. The Bertz CT molecular complexity index is 1340. The van der Waals surface area contributed by atoms with Gasteiger partial charge in [0.1, 0.15) is 5.82 Å². The third-order valence-corrected chi connectivity index (χ3v) is 6.77. The predicted octanol–water partition coefficient (Wildman–Crippen LogP) is 5.07. The molecule has 6 nitrogen and oxygen atoms in total. The van der Waals surface area contributed by atoms with Crippen LogP contribution < -0.4 is 0 Å². The Morgan fingerprint density at radius 3 is 2.70 bits per heavy atom. The average Bonchev–Trinajstić information content (AvgIpc) is 3.38. The molecule has 0 N–H and O–H groups in total. The zero-order chi connectivity index (χ0) is 22.9. The van der Waals surface area contributed by atoms with Gasteiger partial charge in [-0.25, -0.2) is 9.78 Å². The molecule has 4 aromatic rings. The number of oxime groups is 1. The smallest absolute Gasteiger partial charge is 0.347 e. The fourth-order valence-corrected chi connectivity index (χ4v) is 4.83. The minimum absolute atomic E-state index is 0.117. The van der Waals surface area contributed by atoms with Crippen molar-refractivity contribution in [2.45, 2.75) is 39.7 Å². The molecule has 6 heteroatoms. The molecule has 0 radical (unpaired) electrons. The normalized spacial score (nSPS) is 16.8. The van der Waals surface area contributed by atoms with E-state index in [2.05, 4.69) is 51.4 Å². The molecule has 0 saturated carbocycles. The first kappa shape index (κ1) is 21.2. The van der Waals surface area contributed by atoms with Gasteiger partial charge in [0.25, 0.3) is 0 Å². The van der Waals surface area contributed by atoms with Crippen LogP contribution in [0.15, 0.2) is 66.1 Å². The molecule has 0 aliphatic heterocycles. The average molecular weight is 441 g/mol. The van der Waals surface area contributed by atoms with Gasteiger partial charge in [-0.05, 0) is 49.9 Å². The van der Waals surface area contributed by atoms with Crippen molar-refractivity contribution in [3.05, 3.63) is 89.1 Å². The van der Waals surface area contributed by atoms with E-state index in [1.807, 2.05) is 37.5 Å². The number of aromatic nitrogens is 3. The van der Waals surface area contributed by atoms with Crippen LogP contribution in [-0.4, -0.2) is 25.8 Å². The van der Waals surface area contributed by atoms with Crippen molar-refractivity contribution in [1.82, 2.24) is 14.1 Å². The number of hydrogen-bond acceptors (Lipinski definition) is 4. The van der Waals surface area contributed by atoms with E-state index < -0.39 is 5.97 Å². The molecule has 0 fully saturated rings. The molecular formula is C27H28N4O2. The molecule has 2 aromatic heterocycles. The zero-order valence-corrected chi connectivity index (χ0v) is 19.3. The summed E-state index contributed by atoms with van der Waals surface area (Å²) in [5.74, 6) is 0.646. The van der Waals surface area contributed by atoms with Crippen molar-refractivity contribution in [3.63, 3.8) is 0 Å². The van der Waals surface area contributed by atoms with E-state index in [1.165, 1.54) is 11.3 Å². The quantitative estimate of drug-likeness (QED) is 0.322. The van der Waals surface area contributed by atoms with Crippen LogP contribution in [0.1, 0.15) is 46.3 Å². The molecule has 1 aliphatic carbocycles. The predicted molar refractivity (Wildman–Crippen MR) is 129 cm³/mol. The van der Waals surface area contributed by atoms with E-state index in [0.717, 1.165) is 53.8 Å². The fraction of sp³-hybridized carbons (Fsp3) is 0.296. The lowest BCUT2D eigenvalue weighted by Crippen LogP contribution is -2.28. The monoisotopic (exact) mass is 440 g/mol. The maximum absolute atomic E-state index is 12.8. The highest BCUT2D eigenvalue weighted by atomic mass is 16.7. The fourth-order valence-electron chi connectivity index (χ4n) is 4.83. The van der Waals surface area contributed by atoms with Crippen LogP contribution in [0.3, 0.4) is 0 Å². The van der Waals surface area contributed by atoms with Crippen LogP contribution in [0.5, 0.6) is 0 Å². The summed E-state index contributed by atoms with van der Waals surface area (Å²) in [7, 11) is 2.10. The molecule has 1 unspecified atom stereocenters. The number of benzene rings is 2. The van der Waals surface area contributed by atoms with Crippen molar-refractivity contribution in [2.24, 2.45) is 18.1 Å². The van der Waals surface area contributed by atoms with E-state index >= 15 is 0 Å². The second-order valence-corrected chi connectivity index (χ2v) is 8.67. The highest BCUT2D eigenvalue weighted by molar-refractivity contribution is 6.14. The first-order valence-electron chi connectivity index (χ1n) is 11.5. The summed E-state index contributed by atoms with van der Waals surface area (Å²) < 4.78 is 4.38. The van der Waals surface area contributed by atoms with E-state index in [1.54, 1.807) is 12.1 Å². The maximum Gasteiger partial charge on any atom is 0.365 e. The van der Waals surface area contributed by atoms with Crippen LogP contribution in [0.2, 0.25) is 0 Å². The number of aryl methyl sites for hydroxylation is 3. The van der Waals surface area contributed by atoms with E-state index in [4.69, 9.17) is 4.84 Å². The highest BCUT2D eigenvalue weighted by Crippen LogP contribution is 2.35. The minimum atomic E-state index is -0.435. The molecule has 33 heavy (non-hydrogen) atoms. The summed E-state index contributed by atoms with van der Waals surface area (Å²) >= 11 is 0. The number of fused-ring (bicyclic) bond motifs is 3. The summed E-state index contributed by atoms with van der Waals surface area (Å²) in [5.41, 5.74) is 6.01. The van der Waals surface area contributed by atoms with Crippen molar-refractivity contribution in [2.75, 3.05) is 0 Å². The topological polar surface area (TPSA) is 61.4 Å². The van der Waals surface area contributed by atoms with Crippen LogP contribution in [0.25, 0.3) is 10.9 Å². The van der Waals surface area contributed by atoms with Gasteiger partial charge in [0, 0.05) is 54.1 Å². The summed E-state index contributed by atoms with van der Waals surface area (Å²) in [4.78, 5) is 22.7. The highest BCUT2D eigenvalue weighted by Gasteiger charge is 2.32. The second-order valence-electron chi connectivity index (χ2n) is 8.67. The molecule has 0 saturated heterocycles. The summed E-state index contributed by atoms with van der Waals surface area (Å²) in [6.07, 6.45) is 6.61. The first-order chi connectivity index (χ1) is 16.1. The Labute approximate surface area is 193 Å². The molecule has 168 valence electrons. The molecule has 0 spiro atoms. The van der Waals surface area contributed by atoms with Gasteiger partial charge < -0.3 is 14.0 Å². The molecule has 0 amide bonds. The molecular weight excluding hydrogens is 412 g/mol. The Hall–Kier alpha value is -3.67. The number of hydrogen-bond donors (Lipinski definition) is 0. The molecule has 2 heterocycles. The summed E-state index contributed by atoms with van der Waals surface area (Å²) in [6.45, 7) is 4.84. The number of imidazole rings is 1. The van der Waals surface area contributed by atoms with Gasteiger partial charge in [-0.1, -0.05) is 42.4 Å². The lowest BCUT2D eigenvalue weighted by Gasteiger charge is -2.25. The zero-order valence-electron chi connectivity index (χ0n) is 19.3.